The molecule has 2 nitrogen and oxygen atoms in total. The maximum Gasteiger partial charge on any atom is 0.184 e. The molecule has 0 spiro atoms. The zero-order valence-corrected chi connectivity index (χ0v) is 7.95. The summed E-state index contributed by atoms with van der Waals surface area (Å²) in [5, 5.41) is 8.68. The molecule has 0 aliphatic heterocycles. The predicted molar refractivity (Wildman–Crippen MR) is 51.5 cm³/mol. The van der Waals surface area contributed by atoms with E-state index in [0.29, 0.717) is 6.42 Å². The smallest absolute Gasteiger partial charge is 0.184 e. The molecule has 1 aromatic carbocycles. The van der Waals surface area contributed by atoms with Crippen LogP contribution in [0.2, 0.25) is 0 Å². The van der Waals surface area contributed by atoms with Crippen LogP contribution in [-0.4, -0.2) is 6.10 Å². The standard InChI is InChI=1S/C11H13NO/c1-3-10(8-12)13-11-6-4-5-9(2)7-11/h4-7,10H,3H2,1-2H3. The van der Waals surface area contributed by atoms with Crippen LogP contribution in [0.4, 0.5) is 0 Å². The molecule has 0 radical (unpaired) electrons. The summed E-state index contributed by atoms with van der Waals surface area (Å²) in [6.07, 6.45) is 0.381. The van der Waals surface area contributed by atoms with Crippen LogP contribution in [0.25, 0.3) is 0 Å². The number of hydrogen-bond acceptors (Lipinski definition) is 2. The highest BCUT2D eigenvalue weighted by atomic mass is 16.5. The second-order valence-corrected chi connectivity index (χ2v) is 2.96. The summed E-state index contributed by atoms with van der Waals surface area (Å²) in [6, 6.07) is 9.82. The zero-order valence-electron chi connectivity index (χ0n) is 7.95. The quantitative estimate of drug-likeness (QED) is 0.707. The Balaban J connectivity index is 2.69. The van der Waals surface area contributed by atoms with Crippen molar-refractivity contribution in [2.24, 2.45) is 0 Å². The van der Waals surface area contributed by atoms with Crippen molar-refractivity contribution >= 4 is 0 Å². The fraction of sp³-hybridized carbons (Fsp3) is 0.364. The Kier molecular flexibility index (Phi) is 3.33. The first-order valence-corrected chi connectivity index (χ1v) is 4.39. The number of nitrogens with zero attached hydrogens (tertiary/aromatic N) is 1. The number of hydrogen-bond donors (Lipinski definition) is 0. The lowest BCUT2D eigenvalue weighted by atomic mass is 10.2. The normalized spacial score (nSPS) is 11.8. The largest absolute Gasteiger partial charge is 0.476 e. The lowest BCUT2D eigenvalue weighted by molar-refractivity contribution is 0.252. The highest BCUT2D eigenvalue weighted by molar-refractivity contribution is 5.28. The molecular formula is C11H13NO. The second kappa shape index (κ2) is 4.51. The zero-order chi connectivity index (χ0) is 9.68. The molecule has 1 atom stereocenters. The van der Waals surface area contributed by atoms with E-state index < -0.39 is 0 Å². The summed E-state index contributed by atoms with van der Waals surface area (Å²) in [5.74, 6) is 0.772. The van der Waals surface area contributed by atoms with E-state index in [1.165, 1.54) is 0 Å². The molecule has 0 saturated heterocycles. The molecule has 13 heavy (non-hydrogen) atoms. The van der Waals surface area contributed by atoms with Gasteiger partial charge in [0.05, 0.1) is 0 Å². The number of rotatable bonds is 3. The molecule has 0 saturated carbocycles. The first-order chi connectivity index (χ1) is 6.26. The van der Waals surface area contributed by atoms with Gasteiger partial charge in [0.25, 0.3) is 0 Å². The van der Waals surface area contributed by atoms with Gasteiger partial charge in [0.15, 0.2) is 6.10 Å². The highest BCUT2D eigenvalue weighted by Crippen LogP contribution is 2.14. The minimum absolute atomic E-state index is 0.332. The minimum atomic E-state index is -0.332. The predicted octanol–water partition coefficient (Wildman–Crippen LogP) is 2.68. The molecule has 0 aromatic heterocycles. The Morgan fingerprint density at radius 1 is 1.54 bits per heavy atom. The molecular weight excluding hydrogens is 162 g/mol. The molecule has 2 heteroatoms. The van der Waals surface area contributed by atoms with Gasteiger partial charge >= 0.3 is 0 Å². The van der Waals surface area contributed by atoms with Crippen LogP contribution >= 0.6 is 0 Å². The van der Waals surface area contributed by atoms with Gasteiger partial charge in [-0.15, -0.1) is 0 Å². The molecule has 0 bridgehead atoms. The van der Waals surface area contributed by atoms with E-state index in [9.17, 15) is 0 Å². The molecule has 0 amide bonds. The highest BCUT2D eigenvalue weighted by Gasteiger charge is 2.04. The van der Waals surface area contributed by atoms with Crippen molar-refractivity contribution in [3.05, 3.63) is 29.8 Å². The van der Waals surface area contributed by atoms with E-state index in [2.05, 4.69) is 6.07 Å². The van der Waals surface area contributed by atoms with E-state index in [1.54, 1.807) is 0 Å². The summed E-state index contributed by atoms with van der Waals surface area (Å²) < 4.78 is 5.43. The molecule has 0 aliphatic carbocycles. The molecule has 0 heterocycles. The molecule has 68 valence electrons. The van der Waals surface area contributed by atoms with Crippen molar-refractivity contribution in [2.45, 2.75) is 26.4 Å². The average molecular weight is 175 g/mol. The first kappa shape index (κ1) is 9.60. The Hall–Kier alpha value is -1.49. The van der Waals surface area contributed by atoms with Crippen molar-refractivity contribution in [1.82, 2.24) is 0 Å². The van der Waals surface area contributed by atoms with Gasteiger partial charge in [-0.25, -0.2) is 0 Å². The Morgan fingerprint density at radius 2 is 2.31 bits per heavy atom. The summed E-state index contributed by atoms with van der Waals surface area (Å²) in [4.78, 5) is 0. The van der Waals surface area contributed by atoms with E-state index in [0.717, 1.165) is 11.3 Å². The monoisotopic (exact) mass is 175 g/mol. The molecule has 1 aromatic rings. The summed E-state index contributed by atoms with van der Waals surface area (Å²) >= 11 is 0. The van der Waals surface area contributed by atoms with Crippen LogP contribution in [0.15, 0.2) is 24.3 Å². The molecule has 0 aliphatic rings. The first-order valence-electron chi connectivity index (χ1n) is 4.39. The van der Waals surface area contributed by atoms with Crippen LogP contribution in [0.1, 0.15) is 18.9 Å². The van der Waals surface area contributed by atoms with Gasteiger partial charge in [-0.3, -0.25) is 0 Å². The van der Waals surface area contributed by atoms with E-state index >= 15 is 0 Å². The Bertz CT molecular complexity index is 314. The molecule has 0 fully saturated rings. The Morgan fingerprint density at radius 3 is 2.85 bits per heavy atom. The van der Waals surface area contributed by atoms with Crippen molar-refractivity contribution in [1.29, 1.82) is 5.26 Å². The molecule has 0 N–H and O–H groups in total. The van der Waals surface area contributed by atoms with Gasteiger partial charge in [0.2, 0.25) is 0 Å². The summed E-state index contributed by atoms with van der Waals surface area (Å²) in [5.41, 5.74) is 1.14. The van der Waals surface area contributed by atoms with Gasteiger partial charge in [-0.2, -0.15) is 5.26 Å². The van der Waals surface area contributed by atoms with Crippen LogP contribution in [-0.2, 0) is 0 Å². The van der Waals surface area contributed by atoms with Crippen molar-refractivity contribution < 1.29 is 4.74 Å². The van der Waals surface area contributed by atoms with E-state index in [1.807, 2.05) is 38.1 Å². The van der Waals surface area contributed by atoms with Gasteiger partial charge in [-0.05, 0) is 31.0 Å². The second-order valence-electron chi connectivity index (χ2n) is 2.96. The maximum absolute atomic E-state index is 8.68. The SMILES string of the molecule is CCC(C#N)Oc1cccc(C)c1. The van der Waals surface area contributed by atoms with E-state index in [4.69, 9.17) is 10.00 Å². The fourth-order valence-corrected chi connectivity index (χ4v) is 1.05. The van der Waals surface area contributed by atoms with Crippen LogP contribution in [0.5, 0.6) is 5.75 Å². The van der Waals surface area contributed by atoms with Gasteiger partial charge in [0.1, 0.15) is 11.8 Å². The van der Waals surface area contributed by atoms with Crippen LogP contribution < -0.4 is 4.74 Å². The van der Waals surface area contributed by atoms with Crippen LogP contribution in [0.3, 0.4) is 0 Å². The number of ether oxygens (including phenoxy) is 1. The molecule has 1 rings (SSSR count). The lowest BCUT2D eigenvalue weighted by Crippen LogP contribution is -2.11. The third-order valence-electron chi connectivity index (χ3n) is 1.78. The fourth-order valence-electron chi connectivity index (χ4n) is 1.05. The summed E-state index contributed by atoms with van der Waals surface area (Å²) in [7, 11) is 0. The van der Waals surface area contributed by atoms with Crippen molar-refractivity contribution in [3.8, 4) is 11.8 Å². The topological polar surface area (TPSA) is 33.0 Å². The number of nitriles is 1. The number of benzene rings is 1. The third-order valence-corrected chi connectivity index (χ3v) is 1.78. The van der Waals surface area contributed by atoms with Crippen LogP contribution in [0, 0.1) is 18.3 Å². The van der Waals surface area contributed by atoms with Gasteiger partial charge in [-0.1, -0.05) is 19.1 Å². The maximum atomic E-state index is 8.68. The third kappa shape index (κ3) is 2.79. The van der Waals surface area contributed by atoms with Gasteiger partial charge < -0.3 is 4.74 Å². The molecule has 1 unspecified atom stereocenters. The minimum Gasteiger partial charge on any atom is -0.476 e. The van der Waals surface area contributed by atoms with Crippen molar-refractivity contribution in [3.63, 3.8) is 0 Å². The number of aryl methyl sites for hydroxylation is 1. The summed E-state index contributed by atoms with van der Waals surface area (Å²) in [6.45, 7) is 3.93. The average Bonchev–Trinajstić information content (AvgIpc) is 2.14. The van der Waals surface area contributed by atoms with Crippen molar-refractivity contribution in [2.75, 3.05) is 0 Å². The lowest BCUT2D eigenvalue weighted by Gasteiger charge is -2.10. The van der Waals surface area contributed by atoms with E-state index in [-0.39, 0.29) is 6.10 Å². The van der Waals surface area contributed by atoms with Gasteiger partial charge in [0, 0.05) is 0 Å². The Labute approximate surface area is 78.8 Å².